The smallest absolute Gasteiger partial charge is 0.322 e. The number of methoxy groups -OCH3 is 1. The normalized spacial score (nSPS) is 12.9. The molecule has 0 rings (SSSR count). The van der Waals surface area contributed by atoms with Crippen LogP contribution in [0.4, 0.5) is 0 Å². The van der Waals surface area contributed by atoms with Crippen LogP contribution in [0.5, 0.6) is 0 Å². The molecule has 0 bridgehead atoms. The molecule has 15 heavy (non-hydrogen) atoms. The van der Waals surface area contributed by atoms with Crippen LogP contribution in [-0.2, 0) is 14.3 Å². The molecule has 0 aliphatic carbocycles. The van der Waals surface area contributed by atoms with Crippen LogP contribution in [-0.4, -0.2) is 38.9 Å². The van der Waals surface area contributed by atoms with Crippen molar-refractivity contribution in [3.63, 3.8) is 0 Å². The zero-order chi connectivity index (χ0) is 11.7. The highest BCUT2D eigenvalue weighted by molar-refractivity contribution is 5.74. The van der Waals surface area contributed by atoms with Crippen LogP contribution in [0.15, 0.2) is 0 Å². The molecule has 0 amide bonds. The predicted octanol–water partition coefficient (Wildman–Crippen LogP) is 1.20. The monoisotopic (exact) mass is 217 g/mol. The summed E-state index contributed by atoms with van der Waals surface area (Å²) in [5.41, 5.74) is 0. The minimum atomic E-state index is -0.260. The van der Waals surface area contributed by atoms with Gasteiger partial charge in [0.2, 0.25) is 0 Å². The lowest BCUT2D eigenvalue weighted by Crippen LogP contribution is -2.36. The second kappa shape index (κ2) is 8.68. The second-order valence-corrected chi connectivity index (χ2v) is 3.99. The highest BCUT2D eigenvalue weighted by Crippen LogP contribution is 1.98. The van der Waals surface area contributed by atoms with Crippen LogP contribution in [0.25, 0.3) is 0 Å². The van der Waals surface area contributed by atoms with E-state index in [1.165, 1.54) is 7.11 Å². The SMILES string of the molecule is COC(=O)C(C)NCCOCCC(C)C. The molecule has 0 aromatic heterocycles. The largest absolute Gasteiger partial charge is 0.468 e. The van der Waals surface area contributed by atoms with Crippen molar-refractivity contribution in [3.05, 3.63) is 0 Å². The van der Waals surface area contributed by atoms with Crippen molar-refractivity contribution in [2.75, 3.05) is 26.9 Å². The number of carbonyl (C=O) groups excluding carboxylic acids is 1. The summed E-state index contributed by atoms with van der Waals surface area (Å²) in [6.45, 7) is 8.20. The summed E-state index contributed by atoms with van der Waals surface area (Å²) < 4.78 is 9.97. The first-order valence-corrected chi connectivity index (χ1v) is 5.47. The van der Waals surface area contributed by atoms with Crippen LogP contribution in [0, 0.1) is 5.92 Å². The molecule has 4 heteroatoms. The molecule has 0 aliphatic rings. The fourth-order valence-electron chi connectivity index (χ4n) is 1.03. The molecule has 90 valence electrons. The van der Waals surface area contributed by atoms with Gasteiger partial charge in [0.1, 0.15) is 6.04 Å². The van der Waals surface area contributed by atoms with Gasteiger partial charge in [-0.05, 0) is 19.3 Å². The minimum Gasteiger partial charge on any atom is -0.468 e. The Morgan fingerprint density at radius 2 is 1.93 bits per heavy atom. The summed E-state index contributed by atoms with van der Waals surface area (Å²) >= 11 is 0. The van der Waals surface area contributed by atoms with E-state index >= 15 is 0 Å². The van der Waals surface area contributed by atoms with E-state index in [9.17, 15) is 4.79 Å². The quantitative estimate of drug-likeness (QED) is 0.490. The van der Waals surface area contributed by atoms with E-state index < -0.39 is 0 Å². The lowest BCUT2D eigenvalue weighted by Gasteiger charge is -2.11. The molecule has 0 saturated heterocycles. The molecule has 0 aliphatic heterocycles. The van der Waals surface area contributed by atoms with Gasteiger partial charge in [0.25, 0.3) is 0 Å². The van der Waals surface area contributed by atoms with Crippen molar-refractivity contribution in [1.82, 2.24) is 5.32 Å². The molecule has 0 aromatic rings. The van der Waals surface area contributed by atoms with E-state index in [1.807, 2.05) is 0 Å². The van der Waals surface area contributed by atoms with Gasteiger partial charge in [-0.2, -0.15) is 0 Å². The van der Waals surface area contributed by atoms with Crippen LogP contribution in [0.2, 0.25) is 0 Å². The van der Waals surface area contributed by atoms with E-state index in [0.717, 1.165) is 13.0 Å². The Balaban J connectivity index is 3.27. The maximum atomic E-state index is 11.0. The van der Waals surface area contributed by atoms with Crippen LogP contribution in [0.3, 0.4) is 0 Å². The first kappa shape index (κ1) is 14.4. The number of hydrogen-bond donors (Lipinski definition) is 1. The summed E-state index contributed by atoms with van der Waals surface area (Å²) in [6.07, 6.45) is 1.08. The fourth-order valence-corrected chi connectivity index (χ4v) is 1.03. The van der Waals surface area contributed by atoms with Crippen molar-refractivity contribution in [2.24, 2.45) is 5.92 Å². The van der Waals surface area contributed by atoms with E-state index in [2.05, 4.69) is 23.9 Å². The molecular formula is C11H23NO3. The third-order valence-corrected chi connectivity index (χ3v) is 2.09. The highest BCUT2D eigenvalue weighted by atomic mass is 16.5. The molecule has 0 radical (unpaired) electrons. The number of hydrogen-bond acceptors (Lipinski definition) is 4. The number of ether oxygens (including phenoxy) is 2. The van der Waals surface area contributed by atoms with E-state index in [4.69, 9.17) is 4.74 Å². The maximum absolute atomic E-state index is 11.0. The molecule has 1 unspecified atom stereocenters. The molecule has 4 nitrogen and oxygen atoms in total. The molecular weight excluding hydrogens is 194 g/mol. The number of rotatable bonds is 8. The lowest BCUT2D eigenvalue weighted by molar-refractivity contribution is -0.142. The van der Waals surface area contributed by atoms with Crippen LogP contribution in [0.1, 0.15) is 27.2 Å². The Hall–Kier alpha value is -0.610. The summed E-state index contributed by atoms with van der Waals surface area (Å²) in [4.78, 5) is 11.0. The standard InChI is InChI=1S/C11H23NO3/c1-9(2)5-7-15-8-6-12-10(3)11(13)14-4/h9-10,12H,5-8H2,1-4H3. The number of esters is 1. The summed E-state index contributed by atoms with van der Waals surface area (Å²) in [5.74, 6) is 0.434. The van der Waals surface area contributed by atoms with Gasteiger partial charge >= 0.3 is 5.97 Å². The van der Waals surface area contributed by atoms with E-state index in [-0.39, 0.29) is 12.0 Å². The Morgan fingerprint density at radius 1 is 1.27 bits per heavy atom. The molecule has 0 spiro atoms. The average Bonchev–Trinajstić information content (AvgIpc) is 2.21. The van der Waals surface area contributed by atoms with Gasteiger partial charge in [-0.1, -0.05) is 13.8 Å². The van der Waals surface area contributed by atoms with Crippen molar-refractivity contribution in [3.8, 4) is 0 Å². The average molecular weight is 217 g/mol. The minimum absolute atomic E-state index is 0.239. The van der Waals surface area contributed by atoms with Crippen LogP contribution < -0.4 is 5.32 Å². The lowest BCUT2D eigenvalue weighted by atomic mass is 10.1. The first-order chi connectivity index (χ1) is 7.07. The first-order valence-electron chi connectivity index (χ1n) is 5.47. The molecule has 0 fully saturated rings. The van der Waals surface area contributed by atoms with Crippen molar-refractivity contribution >= 4 is 5.97 Å². The zero-order valence-corrected chi connectivity index (χ0v) is 10.2. The summed E-state index contributed by atoms with van der Waals surface area (Å²) in [5, 5.41) is 3.02. The van der Waals surface area contributed by atoms with Gasteiger partial charge in [-0.15, -0.1) is 0 Å². The van der Waals surface area contributed by atoms with E-state index in [1.54, 1.807) is 6.92 Å². The van der Waals surface area contributed by atoms with Gasteiger partial charge in [0, 0.05) is 13.2 Å². The highest BCUT2D eigenvalue weighted by Gasteiger charge is 2.10. The van der Waals surface area contributed by atoms with Crippen molar-refractivity contribution in [1.29, 1.82) is 0 Å². The van der Waals surface area contributed by atoms with Gasteiger partial charge in [0.05, 0.1) is 13.7 Å². The Morgan fingerprint density at radius 3 is 2.47 bits per heavy atom. The Labute approximate surface area is 92.3 Å². The van der Waals surface area contributed by atoms with Gasteiger partial charge < -0.3 is 14.8 Å². The van der Waals surface area contributed by atoms with Gasteiger partial charge in [-0.25, -0.2) is 0 Å². The van der Waals surface area contributed by atoms with Gasteiger partial charge in [0.15, 0.2) is 0 Å². The Kier molecular flexibility index (Phi) is 8.33. The molecule has 0 aromatic carbocycles. The maximum Gasteiger partial charge on any atom is 0.322 e. The Bertz CT molecular complexity index is 171. The number of nitrogens with one attached hydrogen (secondary N) is 1. The third-order valence-electron chi connectivity index (χ3n) is 2.09. The molecule has 0 saturated carbocycles. The molecule has 1 atom stereocenters. The predicted molar refractivity (Wildman–Crippen MR) is 59.8 cm³/mol. The number of carbonyl (C=O) groups is 1. The topological polar surface area (TPSA) is 47.6 Å². The fraction of sp³-hybridized carbons (Fsp3) is 0.909. The van der Waals surface area contributed by atoms with Crippen molar-refractivity contribution in [2.45, 2.75) is 33.2 Å². The van der Waals surface area contributed by atoms with Gasteiger partial charge in [-0.3, -0.25) is 4.79 Å². The summed E-state index contributed by atoms with van der Waals surface area (Å²) in [7, 11) is 1.39. The molecule has 0 heterocycles. The second-order valence-electron chi connectivity index (χ2n) is 3.99. The van der Waals surface area contributed by atoms with Crippen molar-refractivity contribution < 1.29 is 14.3 Å². The van der Waals surface area contributed by atoms with Crippen LogP contribution >= 0.6 is 0 Å². The molecule has 1 N–H and O–H groups in total. The van der Waals surface area contributed by atoms with E-state index in [0.29, 0.717) is 19.1 Å². The summed E-state index contributed by atoms with van der Waals surface area (Å²) in [6, 6.07) is -0.260. The third kappa shape index (κ3) is 8.39. The zero-order valence-electron chi connectivity index (χ0n) is 10.2.